The Morgan fingerprint density at radius 2 is 2.40 bits per heavy atom. The lowest BCUT2D eigenvalue weighted by molar-refractivity contribution is -0.132. The number of nitrogens with zero attached hydrogens (tertiary/aromatic N) is 1. The molecule has 0 atom stereocenters. The van der Waals surface area contributed by atoms with Gasteiger partial charge < -0.3 is 5.11 Å². The van der Waals surface area contributed by atoms with Gasteiger partial charge in [0.2, 0.25) is 0 Å². The molecule has 0 radical (unpaired) electrons. The minimum absolute atomic E-state index is 0.244. The summed E-state index contributed by atoms with van der Waals surface area (Å²) < 4.78 is 0. The number of hydrogen-bond acceptors (Lipinski definition) is 3. The van der Waals surface area contributed by atoms with Crippen LogP contribution in [0.1, 0.15) is 11.8 Å². The number of carboxylic acids is 1. The molecule has 0 saturated heterocycles. The predicted molar refractivity (Wildman–Crippen MR) is 62.0 cm³/mol. The van der Waals surface area contributed by atoms with Crippen molar-refractivity contribution in [2.75, 3.05) is 13.1 Å². The Bertz CT molecular complexity index is 332. The second-order valence-corrected chi connectivity index (χ2v) is 4.32. The molecular formula is C11H15NO2S. The van der Waals surface area contributed by atoms with Gasteiger partial charge in [-0.3, -0.25) is 4.90 Å². The summed E-state index contributed by atoms with van der Waals surface area (Å²) in [6, 6.07) is 4.05. The molecule has 1 aromatic rings. The van der Waals surface area contributed by atoms with Crippen molar-refractivity contribution in [1.82, 2.24) is 4.90 Å². The number of thiophene rings is 1. The zero-order chi connectivity index (χ0) is 11.3. The molecule has 0 aliphatic carbocycles. The van der Waals surface area contributed by atoms with E-state index in [0.717, 1.165) is 13.1 Å². The zero-order valence-electron chi connectivity index (χ0n) is 8.77. The normalized spacial score (nSPS) is 10.5. The van der Waals surface area contributed by atoms with E-state index in [2.05, 4.69) is 17.5 Å². The molecule has 0 saturated carbocycles. The number of rotatable bonds is 6. The summed E-state index contributed by atoms with van der Waals surface area (Å²) >= 11 is 1.68. The van der Waals surface area contributed by atoms with Crippen molar-refractivity contribution in [2.45, 2.75) is 13.5 Å². The average Bonchev–Trinajstić information content (AvgIpc) is 2.69. The first kappa shape index (κ1) is 11.9. The monoisotopic (exact) mass is 225 g/mol. The maximum Gasteiger partial charge on any atom is 0.332 e. The Morgan fingerprint density at radius 3 is 2.87 bits per heavy atom. The van der Waals surface area contributed by atoms with E-state index in [1.807, 2.05) is 18.4 Å². The molecule has 0 aliphatic rings. The molecule has 0 aromatic carbocycles. The van der Waals surface area contributed by atoms with Crippen LogP contribution in [0.5, 0.6) is 0 Å². The summed E-state index contributed by atoms with van der Waals surface area (Å²) in [6.45, 7) is 7.59. The first-order chi connectivity index (χ1) is 7.13. The van der Waals surface area contributed by atoms with Crippen molar-refractivity contribution in [3.05, 3.63) is 34.5 Å². The average molecular weight is 225 g/mol. The van der Waals surface area contributed by atoms with Gasteiger partial charge in [-0.2, -0.15) is 0 Å². The molecule has 1 rings (SSSR count). The predicted octanol–water partition coefficient (Wildman–Crippen LogP) is 2.21. The molecular weight excluding hydrogens is 210 g/mol. The van der Waals surface area contributed by atoms with Gasteiger partial charge in [0.05, 0.1) is 0 Å². The van der Waals surface area contributed by atoms with E-state index >= 15 is 0 Å². The molecule has 0 aliphatic heterocycles. The minimum Gasteiger partial charge on any atom is -0.478 e. The van der Waals surface area contributed by atoms with Crippen molar-refractivity contribution in [3.63, 3.8) is 0 Å². The third-order valence-corrected chi connectivity index (χ3v) is 2.98. The third kappa shape index (κ3) is 3.85. The Morgan fingerprint density at radius 1 is 1.67 bits per heavy atom. The standard InChI is InChI=1S/C11H15NO2S/c1-3-12(7-9(2)11(13)14)8-10-5-4-6-15-10/h4-6H,2-3,7-8H2,1H3,(H,13,14). The van der Waals surface area contributed by atoms with Gasteiger partial charge >= 0.3 is 5.97 Å². The number of likely N-dealkylation sites (N-methyl/N-ethyl adjacent to an activating group) is 1. The molecule has 15 heavy (non-hydrogen) atoms. The van der Waals surface area contributed by atoms with Gasteiger partial charge in [-0.05, 0) is 18.0 Å². The minimum atomic E-state index is -0.917. The molecule has 82 valence electrons. The fraction of sp³-hybridized carbons (Fsp3) is 0.364. The Hall–Kier alpha value is -1.13. The summed E-state index contributed by atoms with van der Waals surface area (Å²) in [6.07, 6.45) is 0. The van der Waals surface area contributed by atoms with E-state index < -0.39 is 5.97 Å². The van der Waals surface area contributed by atoms with Crippen LogP contribution < -0.4 is 0 Å². The first-order valence-electron chi connectivity index (χ1n) is 4.79. The van der Waals surface area contributed by atoms with Gasteiger partial charge in [-0.15, -0.1) is 11.3 Å². The maximum absolute atomic E-state index is 10.6. The van der Waals surface area contributed by atoms with E-state index in [1.165, 1.54) is 4.88 Å². The van der Waals surface area contributed by atoms with E-state index in [0.29, 0.717) is 6.54 Å². The molecule has 1 aromatic heterocycles. The van der Waals surface area contributed by atoms with Crippen LogP contribution in [0.3, 0.4) is 0 Å². The second-order valence-electron chi connectivity index (χ2n) is 3.29. The SMILES string of the molecule is C=C(CN(CC)Cc1cccs1)C(=O)O. The highest BCUT2D eigenvalue weighted by atomic mass is 32.1. The fourth-order valence-electron chi connectivity index (χ4n) is 1.24. The quantitative estimate of drug-likeness (QED) is 0.755. The van der Waals surface area contributed by atoms with Gasteiger partial charge in [-0.1, -0.05) is 19.6 Å². The van der Waals surface area contributed by atoms with Gasteiger partial charge in [0.15, 0.2) is 0 Å². The maximum atomic E-state index is 10.6. The van der Waals surface area contributed by atoms with Crippen LogP contribution in [0.2, 0.25) is 0 Å². The molecule has 1 heterocycles. The summed E-state index contributed by atoms with van der Waals surface area (Å²) in [5.74, 6) is -0.917. The molecule has 4 heteroatoms. The largest absolute Gasteiger partial charge is 0.478 e. The molecule has 1 N–H and O–H groups in total. The van der Waals surface area contributed by atoms with Gasteiger partial charge in [0, 0.05) is 23.5 Å². The highest BCUT2D eigenvalue weighted by molar-refractivity contribution is 7.09. The highest BCUT2D eigenvalue weighted by Crippen LogP contribution is 2.12. The smallest absolute Gasteiger partial charge is 0.332 e. The lowest BCUT2D eigenvalue weighted by Gasteiger charge is -2.19. The topological polar surface area (TPSA) is 40.5 Å². The number of carbonyl (C=O) groups is 1. The summed E-state index contributed by atoms with van der Waals surface area (Å²) in [7, 11) is 0. The summed E-state index contributed by atoms with van der Waals surface area (Å²) in [5, 5.41) is 10.8. The Balaban J connectivity index is 2.50. The highest BCUT2D eigenvalue weighted by Gasteiger charge is 2.10. The fourth-order valence-corrected chi connectivity index (χ4v) is 1.99. The van der Waals surface area contributed by atoms with Crippen LogP contribution in [0, 0.1) is 0 Å². The Labute approximate surface area is 93.7 Å². The van der Waals surface area contributed by atoms with E-state index in [9.17, 15) is 4.79 Å². The third-order valence-electron chi connectivity index (χ3n) is 2.12. The number of hydrogen-bond donors (Lipinski definition) is 1. The van der Waals surface area contributed by atoms with Gasteiger partial charge in [-0.25, -0.2) is 4.79 Å². The Kier molecular flexibility index (Phi) is 4.52. The van der Waals surface area contributed by atoms with Gasteiger partial charge in [0.1, 0.15) is 0 Å². The first-order valence-corrected chi connectivity index (χ1v) is 5.67. The summed E-state index contributed by atoms with van der Waals surface area (Å²) in [5.41, 5.74) is 0.244. The van der Waals surface area contributed by atoms with Crippen LogP contribution >= 0.6 is 11.3 Å². The lowest BCUT2D eigenvalue weighted by Crippen LogP contribution is -2.26. The van der Waals surface area contributed by atoms with Gasteiger partial charge in [0.25, 0.3) is 0 Å². The molecule has 0 bridgehead atoms. The second kappa shape index (κ2) is 5.68. The molecule has 0 fully saturated rings. The lowest BCUT2D eigenvalue weighted by atomic mass is 10.2. The molecule has 0 amide bonds. The van der Waals surface area contributed by atoms with Crippen LogP contribution in [-0.2, 0) is 11.3 Å². The van der Waals surface area contributed by atoms with Crippen molar-refractivity contribution < 1.29 is 9.90 Å². The van der Waals surface area contributed by atoms with Crippen molar-refractivity contribution in [2.24, 2.45) is 0 Å². The van der Waals surface area contributed by atoms with E-state index in [1.54, 1.807) is 11.3 Å². The van der Waals surface area contributed by atoms with Crippen molar-refractivity contribution in [1.29, 1.82) is 0 Å². The van der Waals surface area contributed by atoms with Crippen LogP contribution in [0.4, 0.5) is 0 Å². The molecule has 0 spiro atoms. The summed E-state index contributed by atoms with van der Waals surface area (Å²) in [4.78, 5) is 13.9. The molecule has 3 nitrogen and oxygen atoms in total. The number of carboxylic acid groups (broad SMARTS) is 1. The molecule has 0 unspecified atom stereocenters. The zero-order valence-corrected chi connectivity index (χ0v) is 9.59. The number of aliphatic carboxylic acids is 1. The van der Waals surface area contributed by atoms with Crippen LogP contribution in [-0.4, -0.2) is 29.1 Å². The van der Waals surface area contributed by atoms with E-state index in [4.69, 9.17) is 5.11 Å². The van der Waals surface area contributed by atoms with Crippen molar-refractivity contribution in [3.8, 4) is 0 Å². The van der Waals surface area contributed by atoms with Crippen LogP contribution in [0.25, 0.3) is 0 Å². The van der Waals surface area contributed by atoms with Crippen molar-refractivity contribution >= 4 is 17.3 Å². The van der Waals surface area contributed by atoms with E-state index in [-0.39, 0.29) is 5.57 Å². The van der Waals surface area contributed by atoms with Crippen LogP contribution in [0.15, 0.2) is 29.7 Å².